The lowest BCUT2D eigenvalue weighted by atomic mass is 9.97. The molecule has 0 saturated carbocycles. The van der Waals surface area contributed by atoms with E-state index < -0.39 is 12.3 Å². The van der Waals surface area contributed by atoms with Crippen LogP contribution in [0.2, 0.25) is 0 Å². The van der Waals surface area contributed by atoms with Gasteiger partial charge < -0.3 is 5.32 Å². The Bertz CT molecular complexity index is 195. The quantitative estimate of drug-likeness (QED) is 0.433. The lowest BCUT2D eigenvalue weighted by molar-refractivity contribution is 0.0663. The minimum atomic E-state index is -2.32. The molecule has 1 rings (SSSR count). The highest BCUT2D eigenvalue weighted by Crippen LogP contribution is 2.23. The van der Waals surface area contributed by atoms with Gasteiger partial charge in [0.25, 0.3) is 0 Å². The smallest absolute Gasteiger partial charge is 0.242 e. The average molecular weight is 213 g/mol. The molecule has 13 heavy (non-hydrogen) atoms. The Hall–Kier alpha value is -0.580. The molecule has 1 fully saturated rings. The molecule has 1 heterocycles. The number of azide groups is 1. The molecule has 0 amide bonds. The molecule has 76 valence electrons. The maximum absolute atomic E-state index is 12.2. The summed E-state index contributed by atoms with van der Waals surface area (Å²) in [7, 11) is 0. The van der Waals surface area contributed by atoms with Gasteiger partial charge in [-0.25, -0.2) is 8.78 Å². The molecule has 1 N–H and O–H groups in total. The van der Waals surface area contributed by atoms with E-state index in [2.05, 4.69) is 15.3 Å². The largest absolute Gasteiger partial charge is 0.316 e. The fourth-order valence-corrected chi connectivity index (χ4v) is 1.39. The van der Waals surface area contributed by atoms with Crippen molar-refractivity contribution in [3.05, 3.63) is 10.4 Å². The summed E-state index contributed by atoms with van der Waals surface area (Å²) in [5.74, 6) is -0.864. The van der Waals surface area contributed by atoms with Gasteiger partial charge in [-0.2, -0.15) is 0 Å². The van der Waals surface area contributed by atoms with Crippen LogP contribution in [0.1, 0.15) is 0 Å². The van der Waals surface area contributed by atoms with Crippen molar-refractivity contribution >= 4 is 12.4 Å². The van der Waals surface area contributed by atoms with Crippen LogP contribution in [0.25, 0.3) is 10.4 Å². The predicted octanol–water partition coefficient (Wildman–Crippen LogP) is 1.82. The zero-order valence-corrected chi connectivity index (χ0v) is 7.68. The molecule has 0 spiro atoms. The van der Waals surface area contributed by atoms with E-state index in [1.807, 2.05) is 0 Å². The van der Waals surface area contributed by atoms with E-state index in [0.29, 0.717) is 13.1 Å². The molecule has 2 unspecified atom stereocenters. The van der Waals surface area contributed by atoms with Crippen LogP contribution in [0.15, 0.2) is 5.11 Å². The van der Waals surface area contributed by atoms with E-state index in [0.717, 1.165) is 0 Å². The van der Waals surface area contributed by atoms with Crippen LogP contribution in [0.5, 0.6) is 0 Å². The van der Waals surface area contributed by atoms with Gasteiger partial charge >= 0.3 is 0 Å². The van der Waals surface area contributed by atoms with Crippen molar-refractivity contribution in [1.82, 2.24) is 5.32 Å². The van der Waals surface area contributed by atoms with Gasteiger partial charge in [0.05, 0.1) is 0 Å². The number of alkyl halides is 2. The van der Waals surface area contributed by atoms with Crippen molar-refractivity contribution in [2.75, 3.05) is 19.6 Å². The summed E-state index contributed by atoms with van der Waals surface area (Å²) in [6.07, 6.45) is -2.32. The van der Waals surface area contributed by atoms with E-state index in [9.17, 15) is 8.78 Å². The van der Waals surface area contributed by atoms with Crippen LogP contribution in [0.4, 0.5) is 8.78 Å². The maximum Gasteiger partial charge on any atom is 0.242 e. The first-order valence-corrected chi connectivity index (χ1v) is 3.75. The highest BCUT2D eigenvalue weighted by atomic mass is 35.5. The second-order valence-corrected chi connectivity index (χ2v) is 2.83. The summed E-state index contributed by atoms with van der Waals surface area (Å²) in [5, 5.41) is 6.14. The predicted molar refractivity (Wildman–Crippen MR) is 47.1 cm³/mol. The maximum atomic E-state index is 12.2. The first-order chi connectivity index (χ1) is 5.75. The van der Waals surface area contributed by atoms with Crippen LogP contribution in [-0.2, 0) is 0 Å². The lowest BCUT2D eigenvalue weighted by Gasteiger charge is -2.14. The molecule has 0 aromatic heterocycles. The molecule has 0 aromatic rings. The minimum absolute atomic E-state index is 0. The third-order valence-electron chi connectivity index (χ3n) is 2.10. The van der Waals surface area contributed by atoms with Crippen molar-refractivity contribution in [2.45, 2.75) is 6.43 Å². The van der Waals surface area contributed by atoms with Gasteiger partial charge in [0.15, 0.2) is 0 Å². The Balaban J connectivity index is 0.00000144. The van der Waals surface area contributed by atoms with Crippen LogP contribution < -0.4 is 5.32 Å². The Labute approximate surface area is 80.7 Å². The number of hydrogen-bond donors (Lipinski definition) is 1. The molecule has 4 nitrogen and oxygen atoms in total. The molecular formula is C6H11ClF2N4. The Morgan fingerprint density at radius 1 is 1.54 bits per heavy atom. The standard InChI is InChI=1S/C6H10F2N4.ClH/c7-6(8)5-3-10-1-4(5)2-11-12-9;/h4-6,10H,1-3H2;1H. The van der Waals surface area contributed by atoms with Crippen LogP contribution in [0, 0.1) is 11.8 Å². The van der Waals surface area contributed by atoms with E-state index in [-0.39, 0.29) is 24.9 Å². The lowest BCUT2D eigenvalue weighted by Crippen LogP contribution is -2.22. The second kappa shape index (κ2) is 5.96. The molecule has 0 aliphatic carbocycles. The van der Waals surface area contributed by atoms with Crippen molar-refractivity contribution < 1.29 is 8.78 Å². The number of nitrogens with zero attached hydrogens (tertiary/aromatic N) is 3. The minimum Gasteiger partial charge on any atom is -0.316 e. The molecule has 0 bridgehead atoms. The van der Waals surface area contributed by atoms with Gasteiger partial charge in [-0.15, -0.1) is 12.4 Å². The van der Waals surface area contributed by atoms with Gasteiger partial charge in [-0.05, 0) is 18.0 Å². The van der Waals surface area contributed by atoms with Crippen molar-refractivity contribution in [3.8, 4) is 0 Å². The Morgan fingerprint density at radius 2 is 2.23 bits per heavy atom. The molecule has 2 atom stereocenters. The van der Waals surface area contributed by atoms with Gasteiger partial charge in [-0.3, -0.25) is 0 Å². The number of nitrogens with one attached hydrogen (secondary N) is 1. The van der Waals surface area contributed by atoms with E-state index in [1.165, 1.54) is 0 Å². The topological polar surface area (TPSA) is 60.8 Å². The third kappa shape index (κ3) is 3.34. The average Bonchev–Trinajstić information content (AvgIpc) is 2.48. The Kier molecular flexibility index (Phi) is 5.70. The van der Waals surface area contributed by atoms with Gasteiger partial charge in [-0.1, -0.05) is 5.11 Å². The number of hydrogen-bond acceptors (Lipinski definition) is 2. The molecule has 1 saturated heterocycles. The highest BCUT2D eigenvalue weighted by molar-refractivity contribution is 5.85. The molecule has 7 heteroatoms. The summed E-state index contributed by atoms with van der Waals surface area (Å²) in [5.41, 5.74) is 8.00. The summed E-state index contributed by atoms with van der Waals surface area (Å²) >= 11 is 0. The highest BCUT2D eigenvalue weighted by Gasteiger charge is 2.33. The fraction of sp³-hybridized carbons (Fsp3) is 1.00. The second-order valence-electron chi connectivity index (χ2n) is 2.83. The Morgan fingerprint density at radius 3 is 2.77 bits per heavy atom. The zero-order valence-electron chi connectivity index (χ0n) is 6.86. The van der Waals surface area contributed by atoms with Gasteiger partial charge in [0.2, 0.25) is 6.43 Å². The van der Waals surface area contributed by atoms with Gasteiger partial charge in [0.1, 0.15) is 0 Å². The first kappa shape index (κ1) is 12.4. The molecule has 1 aliphatic heterocycles. The van der Waals surface area contributed by atoms with Crippen LogP contribution in [-0.4, -0.2) is 26.1 Å². The summed E-state index contributed by atoms with van der Waals surface area (Å²) < 4.78 is 24.5. The van der Waals surface area contributed by atoms with Crippen LogP contribution in [0.3, 0.4) is 0 Å². The monoisotopic (exact) mass is 212 g/mol. The van der Waals surface area contributed by atoms with E-state index in [4.69, 9.17) is 5.53 Å². The van der Waals surface area contributed by atoms with Crippen LogP contribution >= 0.6 is 12.4 Å². The molecule has 1 aliphatic rings. The zero-order chi connectivity index (χ0) is 8.97. The molecular weight excluding hydrogens is 202 g/mol. The fourth-order valence-electron chi connectivity index (χ4n) is 1.39. The van der Waals surface area contributed by atoms with E-state index in [1.54, 1.807) is 0 Å². The van der Waals surface area contributed by atoms with E-state index >= 15 is 0 Å². The summed E-state index contributed by atoms with van der Waals surface area (Å²) in [6.45, 7) is 1.01. The molecule has 0 radical (unpaired) electrons. The third-order valence-corrected chi connectivity index (χ3v) is 2.10. The summed E-state index contributed by atoms with van der Waals surface area (Å²) in [4.78, 5) is 2.55. The van der Waals surface area contributed by atoms with Crippen molar-refractivity contribution in [2.24, 2.45) is 17.0 Å². The first-order valence-electron chi connectivity index (χ1n) is 3.75. The summed E-state index contributed by atoms with van der Waals surface area (Å²) in [6, 6.07) is 0. The molecule has 0 aromatic carbocycles. The van der Waals surface area contributed by atoms with Crippen molar-refractivity contribution in [1.29, 1.82) is 0 Å². The van der Waals surface area contributed by atoms with Crippen molar-refractivity contribution in [3.63, 3.8) is 0 Å². The number of rotatable bonds is 3. The normalized spacial score (nSPS) is 26.7. The van der Waals surface area contributed by atoms with Gasteiger partial charge in [0, 0.05) is 23.9 Å². The SMILES string of the molecule is Cl.[N-]=[N+]=NCC1CNCC1C(F)F. The number of halogens is 3.